The van der Waals surface area contributed by atoms with Crippen LogP contribution in [0.3, 0.4) is 0 Å². The third-order valence-corrected chi connectivity index (χ3v) is 5.12. The van der Waals surface area contributed by atoms with Crippen LogP contribution in [0.1, 0.15) is 23.8 Å². The number of nitrogens with zero attached hydrogens (tertiary/aromatic N) is 2. The Morgan fingerprint density at radius 2 is 2.24 bits per heavy atom. The maximum absolute atomic E-state index is 5.46. The summed E-state index contributed by atoms with van der Waals surface area (Å²) in [6.07, 6.45) is 2.11. The van der Waals surface area contributed by atoms with E-state index in [0.717, 1.165) is 58.3 Å². The summed E-state index contributed by atoms with van der Waals surface area (Å²) in [5.41, 5.74) is 1.50. The second kappa shape index (κ2) is 12.2. The van der Waals surface area contributed by atoms with Gasteiger partial charge < -0.3 is 20.1 Å². The standard InChI is InChI=1S/C18H32N4O2S/c1-3-19-18(20-7-4-11-24-13-12-23-2)21-8-10-22-9-5-17-16(15-22)6-14-25-17/h6,14H,3-5,7-13,15H2,1-2H3,(H2,19,20,21). The molecule has 7 heteroatoms. The number of aliphatic imine (C=N–C) groups is 1. The van der Waals surface area contributed by atoms with Crippen molar-refractivity contribution in [2.24, 2.45) is 4.99 Å². The zero-order valence-electron chi connectivity index (χ0n) is 15.6. The Morgan fingerprint density at radius 1 is 1.32 bits per heavy atom. The van der Waals surface area contributed by atoms with Crippen LogP contribution in [0.25, 0.3) is 0 Å². The van der Waals surface area contributed by atoms with Gasteiger partial charge in [0.15, 0.2) is 5.96 Å². The molecular weight excluding hydrogens is 336 g/mol. The Hall–Kier alpha value is -1.15. The maximum atomic E-state index is 5.46. The van der Waals surface area contributed by atoms with Crippen LogP contribution in [0.4, 0.5) is 0 Å². The van der Waals surface area contributed by atoms with Crippen LogP contribution in [-0.2, 0) is 22.4 Å². The van der Waals surface area contributed by atoms with Gasteiger partial charge in [0.2, 0.25) is 0 Å². The molecule has 2 heterocycles. The van der Waals surface area contributed by atoms with Crippen molar-refractivity contribution < 1.29 is 9.47 Å². The second-order valence-corrected chi connectivity index (χ2v) is 7.04. The summed E-state index contributed by atoms with van der Waals surface area (Å²) in [6, 6.07) is 2.26. The molecule has 0 aromatic carbocycles. The van der Waals surface area contributed by atoms with E-state index in [1.54, 1.807) is 12.0 Å². The number of rotatable bonds is 11. The number of nitrogens with one attached hydrogen (secondary N) is 2. The molecule has 1 aliphatic rings. The van der Waals surface area contributed by atoms with Crippen LogP contribution in [0.5, 0.6) is 0 Å². The number of fused-ring (bicyclic) bond motifs is 1. The molecular formula is C18H32N4O2S. The van der Waals surface area contributed by atoms with E-state index in [4.69, 9.17) is 9.47 Å². The van der Waals surface area contributed by atoms with Crippen LogP contribution in [0.15, 0.2) is 16.4 Å². The average Bonchev–Trinajstić information content (AvgIpc) is 3.08. The molecule has 2 rings (SSSR count). The molecule has 2 N–H and O–H groups in total. The van der Waals surface area contributed by atoms with E-state index in [-0.39, 0.29) is 0 Å². The molecule has 0 spiro atoms. The van der Waals surface area contributed by atoms with Crippen LogP contribution >= 0.6 is 11.3 Å². The molecule has 1 aromatic rings. The number of thiophene rings is 1. The fourth-order valence-corrected chi connectivity index (χ4v) is 3.66. The lowest BCUT2D eigenvalue weighted by Crippen LogP contribution is -2.42. The fraction of sp³-hybridized carbons (Fsp3) is 0.722. The van der Waals surface area contributed by atoms with Gasteiger partial charge in [-0.15, -0.1) is 11.3 Å². The van der Waals surface area contributed by atoms with Crippen molar-refractivity contribution in [1.82, 2.24) is 15.5 Å². The van der Waals surface area contributed by atoms with Crippen molar-refractivity contribution in [1.29, 1.82) is 0 Å². The first-order chi connectivity index (χ1) is 12.3. The maximum Gasteiger partial charge on any atom is 0.191 e. The van der Waals surface area contributed by atoms with E-state index < -0.39 is 0 Å². The summed E-state index contributed by atoms with van der Waals surface area (Å²) in [6.45, 7) is 9.94. The molecule has 1 aliphatic heterocycles. The Kier molecular flexibility index (Phi) is 9.88. The monoisotopic (exact) mass is 368 g/mol. The molecule has 0 aliphatic carbocycles. The minimum absolute atomic E-state index is 0.650. The second-order valence-electron chi connectivity index (χ2n) is 6.04. The van der Waals surface area contributed by atoms with Crippen LogP contribution in [0.2, 0.25) is 0 Å². The highest BCUT2D eigenvalue weighted by Gasteiger charge is 2.16. The highest BCUT2D eigenvalue weighted by molar-refractivity contribution is 7.10. The third kappa shape index (κ3) is 7.73. The minimum atomic E-state index is 0.650. The Labute approximate surface area is 155 Å². The normalized spacial score (nSPS) is 15.2. The summed E-state index contributed by atoms with van der Waals surface area (Å²) in [5.74, 6) is 0.896. The minimum Gasteiger partial charge on any atom is -0.382 e. The van der Waals surface area contributed by atoms with Gasteiger partial charge in [-0.2, -0.15) is 0 Å². The fourth-order valence-electron chi connectivity index (χ4n) is 2.77. The van der Waals surface area contributed by atoms with Crippen LogP contribution in [0, 0.1) is 0 Å². The zero-order chi connectivity index (χ0) is 17.7. The summed E-state index contributed by atoms with van der Waals surface area (Å²) in [5, 5.41) is 8.95. The van der Waals surface area contributed by atoms with Crippen molar-refractivity contribution in [3.8, 4) is 0 Å². The van der Waals surface area contributed by atoms with Crippen molar-refractivity contribution >= 4 is 17.3 Å². The van der Waals surface area contributed by atoms with Gasteiger partial charge in [0.1, 0.15) is 0 Å². The van der Waals surface area contributed by atoms with E-state index in [2.05, 4.69) is 38.9 Å². The number of ether oxygens (including phenoxy) is 2. The highest BCUT2D eigenvalue weighted by Crippen LogP contribution is 2.23. The van der Waals surface area contributed by atoms with Gasteiger partial charge in [0.25, 0.3) is 0 Å². The smallest absolute Gasteiger partial charge is 0.191 e. The lowest BCUT2D eigenvalue weighted by atomic mass is 10.1. The molecule has 0 atom stereocenters. The predicted molar refractivity (Wildman–Crippen MR) is 105 cm³/mol. The van der Waals surface area contributed by atoms with Crippen LogP contribution < -0.4 is 10.6 Å². The molecule has 0 radical (unpaired) electrons. The topological polar surface area (TPSA) is 58.1 Å². The van der Waals surface area contributed by atoms with Gasteiger partial charge >= 0.3 is 0 Å². The van der Waals surface area contributed by atoms with Crippen molar-refractivity contribution in [2.75, 3.05) is 59.7 Å². The van der Waals surface area contributed by atoms with E-state index in [0.29, 0.717) is 13.2 Å². The highest BCUT2D eigenvalue weighted by atomic mass is 32.1. The average molecular weight is 369 g/mol. The predicted octanol–water partition coefficient (Wildman–Crippen LogP) is 1.71. The van der Waals surface area contributed by atoms with Gasteiger partial charge in [-0.1, -0.05) is 0 Å². The van der Waals surface area contributed by atoms with E-state index in [9.17, 15) is 0 Å². The molecule has 0 amide bonds. The summed E-state index contributed by atoms with van der Waals surface area (Å²) in [7, 11) is 1.69. The van der Waals surface area contributed by atoms with E-state index in [1.807, 2.05) is 11.3 Å². The van der Waals surface area contributed by atoms with Crippen molar-refractivity contribution in [2.45, 2.75) is 26.3 Å². The summed E-state index contributed by atoms with van der Waals surface area (Å²) < 4.78 is 10.4. The molecule has 0 saturated carbocycles. The number of hydrogen-bond donors (Lipinski definition) is 2. The summed E-state index contributed by atoms with van der Waals surface area (Å²) in [4.78, 5) is 8.68. The van der Waals surface area contributed by atoms with E-state index >= 15 is 0 Å². The zero-order valence-corrected chi connectivity index (χ0v) is 16.4. The SMILES string of the molecule is CCNC(=NCCCOCCOC)NCCN1CCc2sccc2C1. The quantitative estimate of drug-likeness (QED) is 0.354. The van der Waals surface area contributed by atoms with E-state index in [1.165, 1.54) is 12.0 Å². The number of guanidine groups is 1. The first kappa shape index (κ1) is 20.2. The molecule has 0 bridgehead atoms. The molecule has 6 nitrogen and oxygen atoms in total. The number of hydrogen-bond acceptors (Lipinski definition) is 5. The van der Waals surface area contributed by atoms with Gasteiger partial charge in [0.05, 0.1) is 13.2 Å². The van der Waals surface area contributed by atoms with Crippen LogP contribution in [-0.4, -0.2) is 70.5 Å². The Morgan fingerprint density at radius 3 is 3.08 bits per heavy atom. The summed E-state index contributed by atoms with van der Waals surface area (Å²) >= 11 is 1.89. The molecule has 1 aromatic heterocycles. The Balaban J connectivity index is 1.61. The van der Waals surface area contributed by atoms with Gasteiger partial charge in [0, 0.05) is 57.9 Å². The first-order valence-corrected chi connectivity index (χ1v) is 10.1. The molecule has 0 fully saturated rings. The van der Waals surface area contributed by atoms with Gasteiger partial charge in [-0.05, 0) is 36.8 Å². The van der Waals surface area contributed by atoms with Crippen molar-refractivity contribution in [3.05, 3.63) is 21.9 Å². The molecule has 0 saturated heterocycles. The molecule has 142 valence electrons. The Bertz CT molecular complexity index is 507. The first-order valence-electron chi connectivity index (χ1n) is 9.20. The molecule has 25 heavy (non-hydrogen) atoms. The van der Waals surface area contributed by atoms with Gasteiger partial charge in [-0.3, -0.25) is 9.89 Å². The number of methoxy groups -OCH3 is 1. The van der Waals surface area contributed by atoms with Gasteiger partial charge in [-0.25, -0.2) is 0 Å². The molecule has 0 unspecified atom stereocenters. The third-order valence-electron chi connectivity index (χ3n) is 4.10. The lowest BCUT2D eigenvalue weighted by Gasteiger charge is -2.27. The largest absolute Gasteiger partial charge is 0.382 e. The van der Waals surface area contributed by atoms with Crippen molar-refractivity contribution in [3.63, 3.8) is 0 Å². The lowest BCUT2D eigenvalue weighted by molar-refractivity contribution is 0.0702.